The first-order valence-corrected chi connectivity index (χ1v) is 6.44. The molecule has 1 aromatic heterocycles. The molecule has 1 fully saturated rings. The number of rotatable bonds is 1. The van der Waals surface area contributed by atoms with Crippen LogP contribution in [0.4, 0.5) is 0 Å². The van der Waals surface area contributed by atoms with Crippen LogP contribution in [0.2, 0.25) is 5.15 Å². The molecule has 0 spiro atoms. The molecule has 1 N–H and O–H groups in total. The van der Waals surface area contributed by atoms with E-state index in [0.29, 0.717) is 11.2 Å². The second kappa shape index (κ2) is 3.43. The minimum atomic E-state index is 0.597. The number of nitrogens with one attached hydrogen (secondary N) is 1. The van der Waals surface area contributed by atoms with E-state index in [1.807, 2.05) is 11.8 Å². The molecule has 76 valence electrons. The number of fused-ring (bicyclic) bond motifs is 1. The second-order valence-corrected chi connectivity index (χ2v) is 5.21. The zero-order valence-corrected chi connectivity index (χ0v) is 9.37. The Morgan fingerprint density at radius 1 is 1.50 bits per heavy atom. The molecule has 3 rings (SSSR count). The van der Waals surface area contributed by atoms with Crippen molar-refractivity contribution < 1.29 is 0 Å². The average molecular weight is 230 g/mol. The number of aromatic nitrogens is 2. The predicted octanol–water partition coefficient (Wildman–Crippen LogP) is 1.47. The summed E-state index contributed by atoms with van der Waals surface area (Å²) in [4.78, 5) is 0. The van der Waals surface area contributed by atoms with Gasteiger partial charge in [-0.2, -0.15) is 16.9 Å². The van der Waals surface area contributed by atoms with Crippen molar-refractivity contribution in [2.24, 2.45) is 0 Å². The van der Waals surface area contributed by atoms with Crippen molar-refractivity contribution >= 4 is 23.4 Å². The fourth-order valence-electron chi connectivity index (χ4n) is 2.00. The maximum Gasteiger partial charge on any atom is 0.155 e. The minimum Gasteiger partial charge on any atom is -0.312 e. The summed E-state index contributed by atoms with van der Waals surface area (Å²) in [5.41, 5.74) is 2.58. The van der Waals surface area contributed by atoms with Crippen molar-refractivity contribution in [1.29, 1.82) is 0 Å². The third kappa shape index (κ3) is 1.28. The smallest absolute Gasteiger partial charge is 0.155 e. The molecule has 0 bridgehead atoms. The molecule has 5 heteroatoms. The van der Waals surface area contributed by atoms with Gasteiger partial charge >= 0.3 is 0 Å². The highest BCUT2D eigenvalue weighted by atomic mass is 35.5. The molecule has 0 saturated carbocycles. The topological polar surface area (TPSA) is 29.9 Å². The Labute approximate surface area is 92.2 Å². The van der Waals surface area contributed by atoms with Gasteiger partial charge in [0.25, 0.3) is 0 Å². The minimum absolute atomic E-state index is 0.597. The largest absolute Gasteiger partial charge is 0.312 e. The molecular weight excluding hydrogens is 218 g/mol. The van der Waals surface area contributed by atoms with Gasteiger partial charge in [0.15, 0.2) is 5.15 Å². The predicted molar refractivity (Wildman–Crippen MR) is 59.0 cm³/mol. The van der Waals surface area contributed by atoms with Crippen LogP contribution in [0.3, 0.4) is 0 Å². The lowest BCUT2D eigenvalue weighted by atomic mass is 10.1. The molecule has 0 atom stereocenters. The van der Waals surface area contributed by atoms with Crippen LogP contribution >= 0.6 is 23.4 Å². The number of nitrogens with zero attached hydrogens (tertiary/aromatic N) is 2. The lowest BCUT2D eigenvalue weighted by Gasteiger charge is -2.28. The zero-order chi connectivity index (χ0) is 9.54. The SMILES string of the molecule is Clc1nn(C2CSC2)c2c1CNCC2. The Kier molecular flexibility index (Phi) is 2.22. The Morgan fingerprint density at radius 3 is 3.07 bits per heavy atom. The summed E-state index contributed by atoms with van der Waals surface area (Å²) in [6, 6.07) is 0.597. The lowest BCUT2D eigenvalue weighted by Crippen LogP contribution is -2.29. The molecule has 0 unspecified atom stereocenters. The summed E-state index contributed by atoms with van der Waals surface area (Å²) in [5, 5.41) is 8.47. The quantitative estimate of drug-likeness (QED) is 0.791. The highest BCUT2D eigenvalue weighted by Crippen LogP contribution is 2.33. The van der Waals surface area contributed by atoms with Crippen molar-refractivity contribution in [3.8, 4) is 0 Å². The normalized spacial score (nSPS) is 21.8. The van der Waals surface area contributed by atoms with Crippen LogP contribution in [-0.4, -0.2) is 27.8 Å². The van der Waals surface area contributed by atoms with Gasteiger partial charge in [0.2, 0.25) is 0 Å². The molecule has 1 saturated heterocycles. The average Bonchev–Trinajstić information content (AvgIpc) is 2.43. The first-order chi connectivity index (χ1) is 6.86. The Balaban J connectivity index is 2.02. The molecule has 0 radical (unpaired) electrons. The lowest BCUT2D eigenvalue weighted by molar-refractivity contribution is 0.489. The number of halogens is 1. The molecule has 14 heavy (non-hydrogen) atoms. The van der Waals surface area contributed by atoms with Gasteiger partial charge in [0.05, 0.1) is 6.04 Å². The monoisotopic (exact) mass is 229 g/mol. The van der Waals surface area contributed by atoms with Crippen LogP contribution < -0.4 is 5.32 Å². The van der Waals surface area contributed by atoms with Crippen molar-refractivity contribution in [1.82, 2.24) is 15.1 Å². The van der Waals surface area contributed by atoms with Crippen molar-refractivity contribution in [2.75, 3.05) is 18.1 Å². The summed E-state index contributed by atoms with van der Waals surface area (Å²) in [6.45, 7) is 1.93. The van der Waals surface area contributed by atoms with Crippen LogP contribution in [-0.2, 0) is 13.0 Å². The summed E-state index contributed by atoms with van der Waals surface area (Å²) < 4.78 is 2.16. The van der Waals surface area contributed by atoms with Crippen molar-refractivity contribution in [2.45, 2.75) is 19.0 Å². The van der Waals surface area contributed by atoms with Gasteiger partial charge < -0.3 is 5.32 Å². The van der Waals surface area contributed by atoms with Gasteiger partial charge in [-0.05, 0) is 0 Å². The second-order valence-electron chi connectivity index (χ2n) is 3.78. The third-order valence-electron chi connectivity index (χ3n) is 2.88. The zero-order valence-electron chi connectivity index (χ0n) is 7.79. The summed E-state index contributed by atoms with van der Waals surface area (Å²) in [6.07, 6.45) is 1.07. The first kappa shape index (κ1) is 9.07. The molecule has 0 aromatic carbocycles. The first-order valence-electron chi connectivity index (χ1n) is 4.90. The van der Waals surface area contributed by atoms with Crippen LogP contribution in [0.1, 0.15) is 17.3 Å². The van der Waals surface area contributed by atoms with Gasteiger partial charge in [-0.1, -0.05) is 11.6 Å². The van der Waals surface area contributed by atoms with Gasteiger partial charge in [-0.25, -0.2) is 0 Å². The maximum absolute atomic E-state index is 6.11. The van der Waals surface area contributed by atoms with Crippen LogP contribution in [0.5, 0.6) is 0 Å². The molecule has 0 amide bonds. The molecule has 2 aliphatic heterocycles. The highest BCUT2D eigenvalue weighted by molar-refractivity contribution is 8.00. The Hall–Kier alpha value is -0.190. The fraction of sp³-hybridized carbons (Fsp3) is 0.667. The van der Waals surface area contributed by atoms with Gasteiger partial charge in [0.1, 0.15) is 0 Å². The molecule has 2 aliphatic rings. The standard InChI is InChI=1S/C9H12ClN3S/c10-9-7-3-11-2-1-8(7)13(12-9)6-4-14-5-6/h6,11H,1-5H2. The molecule has 0 aliphatic carbocycles. The Morgan fingerprint density at radius 2 is 2.36 bits per heavy atom. The van der Waals surface area contributed by atoms with Gasteiger partial charge in [-0.15, -0.1) is 0 Å². The van der Waals surface area contributed by atoms with Crippen LogP contribution in [0.15, 0.2) is 0 Å². The fourth-order valence-corrected chi connectivity index (χ4v) is 2.99. The van der Waals surface area contributed by atoms with Gasteiger partial charge in [-0.3, -0.25) is 4.68 Å². The van der Waals surface area contributed by atoms with Crippen LogP contribution in [0.25, 0.3) is 0 Å². The maximum atomic E-state index is 6.11. The number of thioether (sulfide) groups is 1. The van der Waals surface area contributed by atoms with E-state index in [2.05, 4.69) is 15.1 Å². The van der Waals surface area contributed by atoms with Crippen molar-refractivity contribution in [3.63, 3.8) is 0 Å². The van der Waals surface area contributed by atoms with Crippen molar-refractivity contribution in [3.05, 3.63) is 16.4 Å². The number of hydrogen-bond acceptors (Lipinski definition) is 3. The summed E-state index contributed by atoms with van der Waals surface area (Å²) in [7, 11) is 0. The Bertz CT molecular complexity index is 359. The molecule has 3 nitrogen and oxygen atoms in total. The van der Waals surface area contributed by atoms with E-state index in [-0.39, 0.29) is 0 Å². The molecule has 3 heterocycles. The highest BCUT2D eigenvalue weighted by Gasteiger charge is 2.27. The molecule has 1 aromatic rings. The van der Waals surface area contributed by atoms with Gasteiger partial charge in [0, 0.05) is 42.3 Å². The van der Waals surface area contributed by atoms with E-state index in [1.54, 1.807) is 0 Å². The van der Waals surface area contributed by atoms with Crippen LogP contribution in [0, 0.1) is 0 Å². The van der Waals surface area contributed by atoms with E-state index in [0.717, 1.165) is 19.5 Å². The summed E-state index contributed by atoms with van der Waals surface area (Å²) in [5.74, 6) is 2.38. The third-order valence-corrected chi connectivity index (χ3v) is 4.42. The van der Waals surface area contributed by atoms with E-state index in [9.17, 15) is 0 Å². The number of hydrogen-bond donors (Lipinski definition) is 1. The van der Waals surface area contributed by atoms with E-state index >= 15 is 0 Å². The molecular formula is C9H12ClN3S. The van der Waals surface area contributed by atoms with E-state index in [1.165, 1.54) is 22.8 Å². The summed E-state index contributed by atoms with van der Waals surface area (Å²) >= 11 is 8.09. The van der Waals surface area contributed by atoms with E-state index < -0.39 is 0 Å². The van der Waals surface area contributed by atoms with E-state index in [4.69, 9.17) is 11.6 Å².